The van der Waals surface area contributed by atoms with Crippen molar-refractivity contribution in [3.05, 3.63) is 35.9 Å². The van der Waals surface area contributed by atoms with Crippen molar-refractivity contribution in [3.63, 3.8) is 0 Å². The van der Waals surface area contributed by atoms with Gasteiger partial charge in [-0.3, -0.25) is 4.79 Å². The number of amides is 1. The lowest BCUT2D eigenvalue weighted by Gasteiger charge is -2.27. The first-order chi connectivity index (χ1) is 8.51. The molecular weight excluding hydrogens is 254 g/mol. The summed E-state index contributed by atoms with van der Waals surface area (Å²) in [5, 5.41) is 2.60. The second-order valence-corrected chi connectivity index (χ2v) is 4.44. The van der Waals surface area contributed by atoms with Crippen LogP contribution in [-0.4, -0.2) is 30.4 Å². The number of esters is 1. The number of carbonyl (C=O) groups is 2. The number of nitrogens with one attached hydrogen (secondary N) is 1. The zero-order chi connectivity index (χ0) is 13.6. The van der Waals surface area contributed by atoms with Crippen LogP contribution in [0.25, 0.3) is 0 Å². The summed E-state index contributed by atoms with van der Waals surface area (Å²) in [5.74, 6) is -1.09. The fraction of sp³-hybridized carbons (Fsp3) is 0.385. The first-order valence-electron chi connectivity index (χ1n) is 5.51. The lowest BCUT2D eigenvalue weighted by Crippen LogP contribution is -2.54. The fourth-order valence-corrected chi connectivity index (χ4v) is 1.80. The summed E-state index contributed by atoms with van der Waals surface area (Å²) < 4.78 is 4.74. The van der Waals surface area contributed by atoms with E-state index in [4.69, 9.17) is 16.3 Å². The van der Waals surface area contributed by atoms with Gasteiger partial charge in [-0.25, -0.2) is 4.79 Å². The number of ether oxygens (including phenoxy) is 1. The van der Waals surface area contributed by atoms with Crippen molar-refractivity contribution in [2.45, 2.75) is 18.9 Å². The van der Waals surface area contributed by atoms with Crippen LogP contribution < -0.4 is 5.32 Å². The molecule has 4 nitrogen and oxygen atoms in total. The van der Waals surface area contributed by atoms with Crippen LogP contribution in [-0.2, 0) is 20.7 Å². The molecule has 1 aromatic rings. The fourth-order valence-electron chi connectivity index (χ4n) is 1.74. The van der Waals surface area contributed by atoms with Gasteiger partial charge in [0, 0.05) is 6.42 Å². The lowest BCUT2D eigenvalue weighted by atomic mass is 9.92. The van der Waals surface area contributed by atoms with Gasteiger partial charge in [-0.15, -0.1) is 11.6 Å². The molecule has 1 rings (SSSR count). The summed E-state index contributed by atoms with van der Waals surface area (Å²) in [4.78, 5) is 23.2. The number of rotatable bonds is 5. The van der Waals surface area contributed by atoms with Crippen LogP contribution in [0.1, 0.15) is 12.5 Å². The van der Waals surface area contributed by atoms with Gasteiger partial charge in [-0.1, -0.05) is 30.3 Å². The first-order valence-corrected chi connectivity index (χ1v) is 6.04. The molecule has 1 atom stereocenters. The van der Waals surface area contributed by atoms with E-state index in [1.54, 1.807) is 6.92 Å². The Morgan fingerprint density at radius 1 is 1.33 bits per heavy atom. The van der Waals surface area contributed by atoms with Crippen molar-refractivity contribution < 1.29 is 14.3 Å². The molecule has 0 heterocycles. The average Bonchev–Trinajstić information content (AvgIpc) is 2.38. The number of benzene rings is 1. The minimum Gasteiger partial charge on any atom is -0.467 e. The molecule has 0 radical (unpaired) electrons. The summed E-state index contributed by atoms with van der Waals surface area (Å²) in [5.41, 5.74) is -0.178. The van der Waals surface area contributed by atoms with Gasteiger partial charge >= 0.3 is 5.97 Å². The monoisotopic (exact) mass is 269 g/mol. The van der Waals surface area contributed by atoms with E-state index < -0.39 is 17.4 Å². The maximum atomic E-state index is 11.8. The van der Waals surface area contributed by atoms with Gasteiger partial charge < -0.3 is 10.1 Å². The highest BCUT2D eigenvalue weighted by Crippen LogP contribution is 2.15. The predicted molar refractivity (Wildman–Crippen MR) is 69.4 cm³/mol. The van der Waals surface area contributed by atoms with Gasteiger partial charge in [0.2, 0.25) is 5.91 Å². The van der Waals surface area contributed by atoms with Crippen molar-refractivity contribution in [2.24, 2.45) is 0 Å². The normalized spacial score (nSPS) is 13.5. The Morgan fingerprint density at radius 3 is 2.44 bits per heavy atom. The molecule has 0 saturated carbocycles. The SMILES string of the molecule is COC(=O)C(C)(Cc1ccccc1)NC(=O)CCl. The van der Waals surface area contributed by atoms with E-state index in [0.717, 1.165) is 5.56 Å². The predicted octanol–water partition coefficient (Wildman–Crippen LogP) is 1.52. The Hall–Kier alpha value is -1.55. The van der Waals surface area contributed by atoms with Gasteiger partial charge in [0.25, 0.3) is 0 Å². The third-order valence-electron chi connectivity index (χ3n) is 2.57. The molecule has 0 bridgehead atoms. The summed E-state index contributed by atoms with van der Waals surface area (Å²) in [6.45, 7) is 1.62. The van der Waals surface area contributed by atoms with Gasteiger partial charge in [-0.05, 0) is 12.5 Å². The quantitative estimate of drug-likeness (QED) is 0.651. The molecule has 1 amide bonds. The number of hydrogen-bond acceptors (Lipinski definition) is 3. The van der Waals surface area contributed by atoms with Crippen LogP contribution >= 0.6 is 11.6 Å². The Kier molecular flexibility index (Phi) is 5.16. The van der Waals surface area contributed by atoms with E-state index in [-0.39, 0.29) is 5.88 Å². The highest BCUT2D eigenvalue weighted by atomic mass is 35.5. The van der Waals surface area contributed by atoms with Crippen molar-refractivity contribution in [3.8, 4) is 0 Å². The number of methoxy groups -OCH3 is 1. The summed E-state index contributed by atoms with van der Waals surface area (Å²) in [6.07, 6.45) is 0.350. The summed E-state index contributed by atoms with van der Waals surface area (Å²) in [6, 6.07) is 9.39. The molecule has 0 spiro atoms. The van der Waals surface area contributed by atoms with Gasteiger partial charge in [0.05, 0.1) is 7.11 Å². The summed E-state index contributed by atoms with van der Waals surface area (Å²) >= 11 is 5.44. The largest absolute Gasteiger partial charge is 0.467 e. The molecule has 0 aliphatic carbocycles. The van der Waals surface area contributed by atoms with Crippen molar-refractivity contribution in [2.75, 3.05) is 13.0 Å². The molecule has 98 valence electrons. The second kappa shape index (κ2) is 6.40. The number of carbonyl (C=O) groups excluding carboxylic acids is 2. The Morgan fingerprint density at radius 2 is 1.94 bits per heavy atom. The van der Waals surface area contributed by atoms with E-state index in [0.29, 0.717) is 6.42 Å². The highest BCUT2D eigenvalue weighted by Gasteiger charge is 2.35. The third-order valence-corrected chi connectivity index (χ3v) is 2.82. The standard InChI is InChI=1S/C13H16ClNO3/c1-13(12(17)18-2,15-11(16)9-14)8-10-6-4-3-5-7-10/h3-7H,8-9H2,1-2H3,(H,15,16). The topological polar surface area (TPSA) is 55.4 Å². The molecule has 0 saturated heterocycles. The number of halogens is 1. The minimum atomic E-state index is -1.11. The van der Waals surface area contributed by atoms with Crippen LogP contribution in [0.15, 0.2) is 30.3 Å². The maximum absolute atomic E-state index is 11.8. The van der Waals surface area contributed by atoms with Gasteiger partial charge in [-0.2, -0.15) is 0 Å². The first kappa shape index (κ1) is 14.5. The van der Waals surface area contributed by atoms with E-state index in [2.05, 4.69) is 5.32 Å². The third kappa shape index (κ3) is 3.74. The number of alkyl halides is 1. The zero-order valence-corrected chi connectivity index (χ0v) is 11.2. The molecule has 1 unspecified atom stereocenters. The molecular formula is C13H16ClNO3. The zero-order valence-electron chi connectivity index (χ0n) is 10.4. The van der Waals surface area contributed by atoms with E-state index in [9.17, 15) is 9.59 Å². The molecule has 1 aromatic carbocycles. The van der Waals surface area contributed by atoms with Crippen LogP contribution in [0, 0.1) is 0 Å². The average molecular weight is 270 g/mol. The van der Waals surface area contributed by atoms with Crippen molar-refractivity contribution >= 4 is 23.5 Å². The highest BCUT2D eigenvalue weighted by molar-refractivity contribution is 6.27. The summed E-state index contributed by atoms with van der Waals surface area (Å²) in [7, 11) is 1.29. The van der Waals surface area contributed by atoms with E-state index >= 15 is 0 Å². The van der Waals surface area contributed by atoms with E-state index in [1.807, 2.05) is 30.3 Å². The molecule has 0 aromatic heterocycles. The van der Waals surface area contributed by atoms with Crippen molar-refractivity contribution in [1.29, 1.82) is 0 Å². The minimum absolute atomic E-state index is 0.193. The van der Waals surface area contributed by atoms with Crippen LogP contribution in [0.2, 0.25) is 0 Å². The lowest BCUT2D eigenvalue weighted by molar-refractivity contribution is -0.149. The van der Waals surface area contributed by atoms with Gasteiger partial charge in [0.1, 0.15) is 11.4 Å². The van der Waals surface area contributed by atoms with Gasteiger partial charge in [0.15, 0.2) is 0 Å². The smallest absolute Gasteiger partial charge is 0.331 e. The molecule has 0 fully saturated rings. The second-order valence-electron chi connectivity index (χ2n) is 4.17. The maximum Gasteiger partial charge on any atom is 0.331 e. The molecule has 1 N–H and O–H groups in total. The number of hydrogen-bond donors (Lipinski definition) is 1. The van der Waals surface area contributed by atoms with Crippen molar-refractivity contribution in [1.82, 2.24) is 5.32 Å². The van der Waals surface area contributed by atoms with Crippen LogP contribution in [0.3, 0.4) is 0 Å². The molecule has 18 heavy (non-hydrogen) atoms. The van der Waals surface area contributed by atoms with Crippen LogP contribution in [0.4, 0.5) is 0 Å². The molecule has 0 aliphatic heterocycles. The van der Waals surface area contributed by atoms with Crippen LogP contribution in [0.5, 0.6) is 0 Å². The Balaban J connectivity index is 2.91. The van der Waals surface area contributed by atoms with E-state index in [1.165, 1.54) is 7.11 Å². The molecule has 5 heteroatoms. The molecule has 0 aliphatic rings. The Bertz CT molecular complexity index is 422. The Labute approximate surface area is 111 Å².